The van der Waals surface area contributed by atoms with E-state index in [2.05, 4.69) is 38.2 Å². The van der Waals surface area contributed by atoms with Crippen molar-refractivity contribution in [2.24, 2.45) is 5.92 Å². The van der Waals surface area contributed by atoms with Crippen LogP contribution in [0.4, 0.5) is 0 Å². The third kappa shape index (κ3) is 5.39. The van der Waals surface area contributed by atoms with Crippen LogP contribution in [-0.4, -0.2) is 37.5 Å². The van der Waals surface area contributed by atoms with Crippen molar-refractivity contribution in [2.45, 2.75) is 83.3 Å². The average molecular weight is 376 g/mol. The van der Waals surface area contributed by atoms with Crippen LogP contribution in [0.2, 0.25) is 0 Å². The molecule has 2 fully saturated rings. The topological polar surface area (TPSA) is 50.7 Å². The molecular formula is C23H37NO3. The summed E-state index contributed by atoms with van der Waals surface area (Å²) in [5, 5.41) is 13.9. The zero-order chi connectivity index (χ0) is 19.4. The molecule has 2 atom stereocenters. The fraction of sp³-hybridized carbons (Fsp3) is 0.739. The van der Waals surface area contributed by atoms with Gasteiger partial charge in [0.05, 0.1) is 7.11 Å². The molecule has 0 radical (unpaired) electrons. The van der Waals surface area contributed by atoms with E-state index in [1.807, 2.05) is 0 Å². The van der Waals surface area contributed by atoms with Gasteiger partial charge in [-0.25, -0.2) is 0 Å². The highest BCUT2D eigenvalue weighted by molar-refractivity contribution is 5.50. The molecule has 0 aromatic heterocycles. The second kappa shape index (κ2) is 9.29. The van der Waals surface area contributed by atoms with Gasteiger partial charge in [-0.05, 0) is 55.6 Å². The van der Waals surface area contributed by atoms with Crippen LogP contribution in [0.25, 0.3) is 0 Å². The summed E-state index contributed by atoms with van der Waals surface area (Å²) < 4.78 is 11.8. The first-order valence-electron chi connectivity index (χ1n) is 10.8. The summed E-state index contributed by atoms with van der Waals surface area (Å²) in [6.07, 6.45) is 7.16. The monoisotopic (exact) mass is 375 g/mol. The van der Waals surface area contributed by atoms with Crippen molar-refractivity contribution >= 4 is 0 Å². The van der Waals surface area contributed by atoms with Crippen molar-refractivity contribution in [3.05, 3.63) is 23.3 Å². The lowest BCUT2D eigenvalue weighted by Crippen LogP contribution is -2.36. The summed E-state index contributed by atoms with van der Waals surface area (Å²) in [6, 6.07) is 4.79. The summed E-state index contributed by atoms with van der Waals surface area (Å²) >= 11 is 0. The van der Waals surface area contributed by atoms with Gasteiger partial charge in [0.15, 0.2) is 0 Å². The van der Waals surface area contributed by atoms with Crippen molar-refractivity contribution in [1.29, 1.82) is 0 Å². The first kappa shape index (κ1) is 20.5. The minimum absolute atomic E-state index is 0.330. The van der Waals surface area contributed by atoms with Gasteiger partial charge >= 0.3 is 0 Å². The molecule has 2 N–H and O–H groups in total. The molecule has 4 heteroatoms. The quantitative estimate of drug-likeness (QED) is 0.627. The molecule has 1 aromatic carbocycles. The zero-order valence-electron chi connectivity index (χ0n) is 17.5. The molecule has 2 aliphatic carbocycles. The average Bonchev–Trinajstić information content (AvgIpc) is 3.39. The third-order valence-electron chi connectivity index (χ3n) is 6.21. The van der Waals surface area contributed by atoms with Crippen LogP contribution in [0.5, 0.6) is 11.5 Å². The number of aliphatic hydroxyl groups is 1. The molecule has 0 amide bonds. The van der Waals surface area contributed by atoms with E-state index < -0.39 is 6.10 Å². The maximum atomic E-state index is 10.4. The molecule has 2 aliphatic rings. The van der Waals surface area contributed by atoms with Crippen LogP contribution >= 0.6 is 0 Å². The van der Waals surface area contributed by atoms with Gasteiger partial charge < -0.3 is 19.9 Å². The van der Waals surface area contributed by atoms with E-state index in [9.17, 15) is 5.11 Å². The Morgan fingerprint density at radius 3 is 2.33 bits per heavy atom. The van der Waals surface area contributed by atoms with E-state index >= 15 is 0 Å². The number of benzene rings is 1. The van der Waals surface area contributed by atoms with Crippen LogP contribution in [0, 0.1) is 5.92 Å². The highest BCUT2D eigenvalue weighted by Gasteiger charge is 2.32. The van der Waals surface area contributed by atoms with Crippen molar-refractivity contribution in [3.63, 3.8) is 0 Å². The normalized spacial score (nSPS) is 20.1. The first-order chi connectivity index (χ1) is 13.0. The van der Waals surface area contributed by atoms with E-state index in [0.717, 1.165) is 17.4 Å². The molecule has 0 bridgehead atoms. The maximum absolute atomic E-state index is 10.4. The Bertz CT molecular complexity index is 606. The lowest BCUT2D eigenvalue weighted by Gasteiger charge is -2.24. The summed E-state index contributed by atoms with van der Waals surface area (Å²) in [5.41, 5.74) is 2.41. The number of hydrogen-bond donors (Lipinski definition) is 2. The lowest BCUT2D eigenvalue weighted by atomic mass is 9.90. The number of rotatable bonds is 10. The predicted molar refractivity (Wildman–Crippen MR) is 110 cm³/mol. The van der Waals surface area contributed by atoms with Crippen molar-refractivity contribution in [1.82, 2.24) is 5.32 Å². The van der Waals surface area contributed by atoms with Crippen LogP contribution in [-0.2, 0) is 0 Å². The molecule has 4 nitrogen and oxygen atoms in total. The van der Waals surface area contributed by atoms with Gasteiger partial charge in [0, 0.05) is 23.7 Å². The molecule has 3 rings (SSSR count). The molecular weight excluding hydrogens is 338 g/mol. The van der Waals surface area contributed by atoms with Crippen molar-refractivity contribution in [3.8, 4) is 11.5 Å². The van der Waals surface area contributed by atoms with Crippen molar-refractivity contribution in [2.75, 3.05) is 20.3 Å². The SMILES string of the molecule is COc1cc(C(C)C)c(OCC(O)CNC2CCCC2)c(C(C)C2CC2)c1. The molecule has 0 aliphatic heterocycles. The van der Waals surface area contributed by atoms with Gasteiger partial charge in [-0.1, -0.05) is 33.6 Å². The highest BCUT2D eigenvalue weighted by atomic mass is 16.5. The molecule has 0 saturated heterocycles. The Labute approximate surface area is 164 Å². The number of nitrogens with one attached hydrogen (secondary N) is 1. The van der Waals surface area contributed by atoms with Gasteiger partial charge in [0.25, 0.3) is 0 Å². The second-order valence-electron chi connectivity index (χ2n) is 8.77. The van der Waals surface area contributed by atoms with Gasteiger partial charge in [0.1, 0.15) is 24.2 Å². The largest absolute Gasteiger partial charge is 0.497 e. The lowest BCUT2D eigenvalue weighted by molar-refractivity contribution is 0.102. The predicted octanol–water partition coefficient (Wildman–Crippen LogP) is 4.60. The Balaban J connectivity index is 1.71. The summed E-state index contributed by atoms with van der Waals surface area (Å²) in [7, 11) is 1.73. The molecule has 2 saturated carbocycles. The first-order valence-corrected chi connectivity index (χ1v) is 10.8. The fourth-order valence-corrected chi connectivity index (χ4v) is 4.22. The van der Waals surface area contributed by atoms with E-state index in [1.54, 1.807) is 7.11 Å². The zero-order valence-corrected chi connectivity index (χ0v) is 17.5. The molecule has 152 valence electrons. The van der Waals surface area contributed by atoms with E-state index in [0.29, 0.717) is 31.0 Å². The van der Waals surface area contributed by atoms with Crippen LogP contribution in [0.3, 0.4) is 0 Å². The summed E-state index contributed by atoms with van der Waals surface area (Å²) in [4.78, 5) is 0. The van der Waals surface area contributed by atoms with Crippen LogP contribution < -0.4 is 14.8 Å². The number of hydrogen-bond acceptors (Lipinski definition) is 4. The standard InChI is InChI=1S/C23H37NO3/c1-15(2)21-11-20(26-4)12-22(16(3)17-9-10-17)23(21)27-14-19(25)13-24-18-7-5-6-8-18/h11-12,15-19,24-25H,5-10,13-14H2,1-4H3. The maximum Gasteiger partial charge on any atom is 0.126 e. The van der Waals surface area contributed by atoms with Gasteiger partial charge in [-0.2, -0.15) is 0 Å². The molecule has 0 heterocycles. The molecule has 1 aromatic rings. The van der Waals surface area contributed by atoms with Gasteiger partial charge in [-0.3, -0.25) is 0 Å². The summed E-state index contributed by atoms with van der Waals surface area (Å²) in [6.45, 7) is 7.60. The van der Waals surface area contributed by atoms with Crippen LogP contribution in [0.1, 0.15) is 82.3 Å². The van der Waals surface area contributed by atoms with E-state index in [-0.39, 0.29) is 0 Å². The van der Waals surface area contributed by atoms with E-state index in [4.69, 9.17) is 9.47 Å². The van der Waals surface area contributed by atoms with Gasteiger partial charge in [0.2, 0.25) is 0 Å². The van der Waals surface area contributed by atoms with Crippen LogP contribution in [0.15, 0.2) is 12.1 Å². The van der Waals surface area contributed by atoms with E-state index in [1.165, 1.54) is 49.7 Å². The number of aliphatic hydroxyl groups excluding tert-OH is 1. The number of ether oxygens (including phenoxy) is 2. The molecule has 2 unspecified atom stereocenters. The smallest absolute Gasteiger partial charge is 0.126 e. The number of methoxy groups -OCH3 is 1. The fourth-order valence-electron chi connectivity index (χ4n) is 4.22. The highest BCUT2D eigenvalue weighted by Crippen LogP contribution is 2.47. The van der Waals surface area contributed by atoms with Crippen molar-refractivity contribution < 1.29 is 14.6 Å². The minimum atomic E-state index is -0.489. The Morgan fingerprint density at radius 2 is 1.74 bits per heavy atom. The second-order valence-corrected chi connectivity index (χ2v) is 8.77. The van der Waals surface area contributed by atoms with Gasteiger partial charge in [-0.15, -0.1) is 0 Å². The minimum Gasteiger partial charge on any atom is -0.497 e. The Morgan fingerprint density at radius 1 is 1.07 bits per heavy atom. The molecule has 0 spiro atoms. The Kier molecular flexibility index (Phi) is 7.04. The third-order valence-corrected chi connectivity index (χ3v) is 6.21. The Hall–Kier alpha value is -1.26. The summed E-state index contributed by atoms with van der Waals surface area (Å²) in [5.74, 6) is 3.41. The molecule has 27 heavy (non-hydrogen) atoms.